The van der Waals surface area contributed by atoms with Gasteiger partial charge in [0.2, 0.25) is 0 Å². The second kappa shape index (κ2) is 4.37. The summed E-state index contributed by atoms with van der Waals surface area (Å²) in [4.78, 5) is 3.32. The highest BCUT2D eigenvalue weighted by atomic mass is 32.1. The average Bonchev–Trinajstić information content (AvgIpc) is 2.83. The summed E-state index contributed by atoms with van der Waals surface area (Å²) in [5.41, 5.74) is 2.55. The molecule has 1 aliphatic rings. The average molecular weight is 276 g/mol. The number of benzene rings is 1. The Morgan fingerprint density at radius 2 is 2.21 bits per heavy atom. The Hall–Kier alpha value is -1.29. The van der Waals surface area contributed by atoms with E-state index < -0.39 is 0 Å². The molecule has 3 rings (SSSR count). The van der Waals surface area contributed by atoms with E-state index in [1.54, 1.807) is 0 Å². The molecule has 19 heavy (non-hydrogen) atoms. The van der Waals surface area contributed by atoms with Crippen molar-refractivity contribution in [2.75, 3.05) is 6.61 Å². The number of imidazole rings is 1. The van der Waals surface area contributed by atoms with Gasteiger partial charge in [0.1, 0.15) is 11.3 Å². The van der Waals surface area contributed by atoms with Crippen molar-refractivity contribution >= 4 is 23.3 Å². The highest BCUT2D eigenvalue weighted by Gasteiger charge is 2.48. The highest BCUT2D eigenvalue weighted by Crippen LogP contribution is 2.56. The van der Waals surface area contributed by atoms with Crippen LogP contribution in [-0.4, -0.2) is 16.2 Å². The fourth-order valence-electron chi connectivity index (χ4n) is 2.64. The smallest absolute Gasteiger partial charge is 0.178 e. The number of ether oxygens (including phenoxy) is 1. The molecular formula is C15H20N2OS. The van der Waals surface area contributed by atoms with E-state index in [0.717, 1.165) is 34.6 Å². The van der Waals surface area contributed by atoms with E-state index in [1.807, 2.05) is 12.1 Å². The molecule has 0 amide bonds. The predicted octanol–water partition coefficient (Wildman–Crippen LogP) is 4.46. The van der Waals surface area contributed by atoms with Crippen LogP contribution in [0.1, 0.15) is 39.7 Å². The van der Waals surface area contributed by atoms with Gasteiger partial charge in [-0.05, 0) is 42.6 Å². The summed E-state index contributed by atoms with van der Waals surface area (Å²) < 4.78 is 8.86. The quantitative estimate of drug-likeness (QED) is 0.836. The molecule has 4 heteroatoms. The predicted molar refractivity (Wildman–Crippen MR) is 80.3 cm³/mol. The first-order chi connectivity index (χ1) is 9.04. The van der Waals surface area contributed by atoms with Crippen molar-refractivity contribution in [1.29, 1.82) is 0 Å². The molecule has 1 aliphatic carbocycles. The summed E-state index contributed by atoms with van der Waals surface area (Å²) in [7, 11) is 0. The van der Waals surface area contributed by atoms with Gasteiger partial charge in [-0.1, -0.05) is 26.8 Å². The molecule has 1 fully saturated rings. The SMILES string of the molecule is CCCOc1cccc2c1[nH]c(=S)n2C1CC1(C)C. The van der Waals surface area contributed by atoms with Gasteiger partial charge in [0.05, 0.1) is 12.1 Å². The topological polar surface area (TPSA) is 29.9 Å². The Morgan fingerprint density at radius 1 is 1.47 bits per heavy atom. The number of H-pyrrole nitrogens is 1. The summed E-state index contributed by atoms with van der Waals surface area (Å²) in [6, 6.07) is 6.68. The molecule has 1 N–H and O–H groups in total. The third-order valence-corrected chi connectivity index (χ3v) is 4.25. The number of para-hydroxylation sites is 1. The van der Waals surface area contributed by atoms with E-state index in [0.29, 0.717) is 11.5 Å². The lowest BCUT2D eigenvalue weighted by atomic mass is 10.2. The number of hydrogen-bond acceptors (Lipinski definition) is 2. The first kappa shape index (κ1) is 12.7. The third kappa shape index (κ3) is 2.08. The first-order valence-electron chi connectivity index (χ1n) is 6.90. The van der Waals surface area contributed by atoms with Crippen molar-refractivity contribution < 1.29 is 4.74 Å². The van der Waals surface area contributed by atoms with Crippen LogP contribution in [0, 0.1) is 10.2 Å². The Bertz CT molecular complexity index is 668. The van der Waals surface area contributed by atoms with Crippen LogP contribution in [0.15, 0.2) is 18.2 Å². The van der Waals surface area contributed by atoms with Crippen LogP contribution in [0.5, 0.6) is 5.75 Å². The Balaban J connectivity index is 2.10. The maximum atomic E-state index is 5.80. The molecule has 1 aromatic heterocycles. The zero-order valence-electron chi connectivity index (χ0n) is 11.7. The monoisotopic (exact) mass is 276 g/mol. The highest BCUT2D eigenvalue weighted by molar-refractivity contribution is 7.71. The lowest BCUT2D eigenvalue weighted by Crippen LogP contribution is -2.00. The number of aromatic amines is 1. The van der Waals surface area contributed by atoms with Gasteiger partial charge < -0.3 is 14.3 Å². The fraction of sp³-hybridized carbons (Fsp3) is 0.533. The van der Waals surface area contributed by atoms with Gasteiger partial charge in [0.25, 0.3) is 0 Å². The molecule has 0 aliphatic heterocycles. The van der Waals surface area contributed by atoms with Crippen molar-refractivity contribution in [1.82, 2.24) is 9.55 Å². The van der Waals surface area contributed by atoms with Crippen LogP contribution in [-0.2, 0) is 0 Å². The lowest BCUT2D eigenvalue weighted by molar-refractivity contribution is 0.320. The number of aromatic nitrogens is 2. The minimum Gasteiger partial charge on any atom is -0.491 e. The van der Waals surface area contributed by atoms with Gasteiger partial charge in [0, 0.05) is 6.04 Å². The molecule has 1 heterocycles. The molecule has 0 spiro atoms. The number of nitrogens with zero attached hydrogens (tertiary/aromatic N) is 1. The molecule has 0 bridgehead atoms. The molecule has 1 atom stereocenters. The number of rotatable bonds is 4. The Labute approximate surface area is 118 Å². The number of fused-ring (bicyclic) bond motifs is 1. The molecule has 3 nitrogen and oxygen atoms in total. The van der Waals surface area contributed by atoms with E-state index in [9.17, 15) is 0 Å². The van der Waals surface area contributed by atoms with Crippen LogP contribution in [0.3, 0.4) is 0 Å². The first-order valence-corrected chi connectivity index (χ1v) is 7.31. The van der Waals surface area contributed by atoms with Crippen LogP contribution in [0.25, 0.3) is 11.0 Å². The minimum atomic E-state index is 0.355. The molecule has 1 aromatic carbocycles. The second-order valence-electron chi connectivity index (χ2n) is 6.01. The van der Waals surface area contributed by atoms with Crippen molar-refractivity contribution in [2.24, 2.45) is 5.41 Å². The Morgan fingerprint density at radius 3 is 2.84 bits per heavy atom. The van der Waals surface area contributed by atoms with Gasteiger partial charge in [-0.3, -0.25) is 0 Å². The van der Waals surface area contributed by atoms with Crippen molar-refractivity contribution in [3.05, 3.63) is 23.0 Å². The standard InChI is InChI=1S/C15H20N2OS/c1-4-8-18-11-7-5-6-10-13(11)16-14(19)17(10)12-9-15(12,2)3/h5-7,12H,4,8-9H2,1-3H3,(H,16,19). The molecule has 0 saturated heterocycles. The van der Waals surface area contributed by atoms with Gasteiger partial charge in [-0.15, -0.1) is 0 Å². The summed E-state index contributed by atoms with van der Waals surface area (Å²) in [5.74, 6) is 0.905. The van der Waals surface area contributed by atoms with E-state index in [-0.39, 0.29) is 0 Å². The largest absolute Gasteiger partial charge is 0.491 e. The van der Waals surface area contributed by atoms with Gasteiger partial charge in [0.15, 0.2) is 4.77 Å². The summed E-state index contributed by atoms with van der Waals surface area (Å²) in [6.07, 6.45) is 2.20. The summed E-state index contributed by atoms with van der Waals surface area (Å²) in [5, 5.41) is 0. The maximum Gasteiger partial charge on any atom is 0.178 e. The summed E-state index contributed by atoms with van der Waals surface area (Å²) in [6.45, 7) is 7.42. The van der Waals surface area contributed by atoms with Crippen LogP contribution in [0.2, 0.25) is 0 Å². The molecule has 0 radical (unpaired) electrons. The zero-order valence-corrected chi connectivity index (χ0v) is 12.5. The molecule has 102 valence electrons. The molecular weight excluding hydrogens is 256 g/mol. The van der Waals surface area contributed by atoms with E-state index in [1.165, 1.54) is 6.42 Å². The number of hydrogen-bond donors (Lipinski definition) is 1. The van der Waals surface area contributed by atoms with Crippen molar-refractivity contribution in [2.45, 2.75) is 39.7 Å². The lowest BCUT2D eigenvalue weighted by Gasteiger charge is -2.08. The summed E-state index contributed by atoms with van der Waals surface area (Å²) >= 11 is 5.50. The third-order valence-electron chi connectivity index (χ3n) is 3.95. The van der Waals surface area contributed by atoms with E-state index >= 15 is 0 Å². The Kier molecular flexibility index (Phi) is 2.93. The maximum absolute atomic E-state index is 5.80. The van der Waals surface area contributed by atoms with Gasteiger partial charge in [-0.25, -0.2) is 0 Å². The van der Waals surface area contributed by atoms with Crippen molar-refractivity contribution in [3.8, 4) is 5.75 Å². The van der Waals surface area contributed by atoms with Gasteiger partial charge in [-0.2, -0.15) is 0 Å². The number of nitrogens with one attached hydrogen (secondary N) is 1. The molecule has 2 aromatic rings. The molecule has 1 unspecified atom stereocenters. The normalized spacial score (nSPS) is 20.7. The van der Waals surface area contributed by atoms with Crippen LogP contribution < -0.4 is 4.74 Å². The van der Waals surface area contributed by atoms with E-state index in [2.05, 4.69) is 36.4 Å². The van der Waals surface area contributed by atoms with Crippen LogP contribution in [0.4, 0.5) is 0 Å². The second-order valence-corrected chi connectivity index (χ2v) is 6.39. The fourth-order valence-corrected chi connectivity index (χ4v) is 2.97. The molecule has 1 saturated carbocycles. The zero-order chi connectivity index (χ0) is 13.6. The van der Waals surface area contributed by atoms with Gasteiger partial charge >= 0.3 is 0 Å². The van der Waals surface area contributed by atoms with Crippen molar-refractivity contribution in [3.63, 3.8) is 0 Å². The minimum absolute atomic E-state index is 0.355. The van der Waals surface area contributed by atoms with Crippen LogP contribution >= 0.6 is 12.2 Å². The van der Waals surface area contributed by atoms with E-state index in [4.69, 9.17) is 17.0 Å².